The molecule has 1 atom stereocenters. The Bertz CT molecular complexity index is 154. The smallest absolute Gasteiger partial charge is 0.0837 e. The Labute approximate surface area is 66.7 Å². The van der Waals surface area contributed by atoms with Crippen molar-refractivity contribution in [2.24, 2.45) is 0 Å². The number of hydrogen-bond donors (Lipinski definition) is 2. The molecule has 1 aliphatic heterocycles. The minimum Gasteiger partial charge on any atom is -0.388 e. The molecule has 10 heavy (non-hydrogen) atoms. The van der Waals surface area contributed by atoms with Crippen molar-refractivity contribution in [3.63, 3.8) is 0 Å². The maximum absolute atomic E-state index is 9.51. The first-order chi connectivity index (χ1) is 4.31. The molecule has 0 aromatic heterocycles. The first kappa shape index (κ1) is 8.05. The summed E-state index contributed by atoms with van der Waals surface area (Å²) in [5.74, 6) is 0. The van der Waals surface area contributed by atoms with Crippen molar-refractivity contribution < 1.29 is 5.11 Å². The molecule has 3 heteroatoms. The second-order valence-electron chi connectivity index (χ2n) is 2.92. The van der Waals surface area contributed by atoms with E-state index >= 15 is 0 Å². The van der Waals surface area contributed by atoms with E-state index in [0.717, 1.165) is 19.4 Å². The van der Waals surface area contributed by atoms with E-state index in [0.29, 0.717) is 0 Å². The van der Waals surface area contributed by atoms with Crippen LogP contribution >= 0.6 is 12.4 Å². The minimum atomic E-state index is -0.368. The highest BCUT2D eigenvalue weighted by molar-refractivity contribution is 5.85. The third-order valence-corrected chi connectivity index (χ3v) is 2.13. The Hall–Kier alpha value is -0.0500. The van der Waals surface area contributed by atoms with Gasteiger partial charge in [-0.3, -0.25) is 0 Å². The van der Waals surface area contributed by atoms with Gasteiger partial charge in [0, 0.05) is 6.54 Å². The Morgan fingerprint density at radius 2 is 2.20 bits per heavy atom. The molecule has 0 spiro atoms. The summed E-state index contributed by atoms with van der Waals surface area (Å²) in [5.41, 5.74) is -0.368. The molecule has 0 aromatic rings. The number of aliphatic hydroxyl groups is 1. The second-order valence-corrected chi connectivity index (χ2v) is 2.92. The molecule has 1 aliphatic carbocycles. The van der Waals surface area contributed by atoms with E-state index in [9.17, 15) is 5.11 Å². The molecule has 0 amide bonds. The highest BCUT2D eigenvalue weighted by Gasteiger charge is 2.47. The molecule has 1 fully saturated rings. The fourth-order valence-corrected chi connectivity index (χ4v) is 1.28. The van der Waals surface area contributed by atoms with Crippen molar-refractivity contribution >= 4 is 12.4 Å². The fraction of sp³-hybridized carbons (Fsp3) is 0.714. The maximum Gasteiger partial charge on any atom is 0.0837 e. The van der Waals surface area contributed by atoms with Gasteiger partial charge >= 0.3 is 0 Å². The van der Waals surface area contributed by atoms with Crippen LogP contribution in [0.4, 0.5) is 0 Å². The van der Waals surface area contributed by atoms with Gasteiger partial charge in [-0.15, -0.1) is 12.4 Å². The van der Waals surface area contributed by atoms with E-state index < -0.39 is 0 Å². The Morgan fingerprint density at radius 1 is 1.50 bits per heavy atom. The zero-order valence-electron chi connectivity index (χ0n) is 5.71. The number of rotatable bonds is 1. The lowest BCUT2D eigenvalue weighted by atomic mass is 10.1. The van der Waals surface area contributed by atoms with Crippen LogP contribution in [0, 0.1) is 0 Å². The van der Waals surface area contributed by atoms with Crippen LogP contribution in [-0.4, -0.2) is 23.3 Å². The van der Waals surface area contributed by atoms with Gasteiger partial charge in [-0.05, 0) is 12.8 Å². The summed E-state index contributed by atoms with van der Waals surface area (Å²) < 4.78 is 0. The molecule has 2 aliphatic rings. The van der Waals surface area contributed by atoms with Crippen molar-refractivity contribution in [3.05, 3.63) is 12.2 Å². The van der Waals surface area contributed by atoms with E-state index in [1.807, 2.05) is 0 Å². The summed E-state index contributed by atoms with van der Waals surface area (Å²) in [5, 5.41) is 12.7. The lowest BCUT2D eigenvalue weighted by Crippen LogP contribution is -2.36. The van der Waals surface area contributed by atoms with Crippen LogP contribution in [0.15, 0.2) is 12.2 Å². The van der Waals surface area contributed by atoms with Crippen LogP contribution in [0.3, 0.4) is 0 Å². The predicted octanol–water partition coefficient (Wildman–Crippen LogP) is 0.461. The zero-order valence-corrected chi connectivity index (χ0v) is 6.53. The van der Waals surface area contributed by atoms with E-state index in [1.165, 1.54) is 0 Å². The molecule has 0 saturated heterocycles. The molecular weight excluding hydrogens is 150 g/mol. The average Bonchev–Trinajstić information content (AvgIpc) is 2.46. The average molecular weight is 162 g/mol. The van der Waals surface area contributed by atoms with Crippen LogP contribution in [0.5, 0.6) is 0 Å². The molecule has 1 saturated carbocycles. The summed E-state index contributed by atoms with van der Waals surface area (Å²) in [6, 6.07) is 0.248. The van der Waals surface area contributed by atoms with Gasteiger partial charge in [-0.2, -0.15) is 0 Å². The SMILES string of the molecule is Cl.OC1([C@H]2C=CCN2)CC1. The molecule has 2 rings (SSSR count). The molecule has 0 bridgehead atoms. The van der Waals surface area contributed by atoms with Gasteiger partial charge in [-0.25, -0.2) is 0 Å². The van der Waals surface area contributed by atoms with Crippen LogP contribution < -0.4 is 5.32 Å². The lowest BCUT2D eigenvalue weighted by Gasteiger charge is -2.14. The van der Waals surface area contributed by atoms with Crippen LogP contribution in [0.1, 0.15) is 12.8 Å². The highest BCUT2D eigenvalue weighted by atomic mass is 35.5. The minimum absolute atomic E-state index is 0. The lowest BCUT2D eigenvalue weighted by molar-refractivity contribution is 0.126. The van der Waals surface area contributed by atoms with Gasteiger partial charge < -0.3 is 10.4 Å². The van der Waals surface area contributed by atoms with E-state index in [4.69, 9.17) is 0 Å². The summed E-state index contributed by atoms with van der Waals surface area (Å²) in [4.78, 5) is 0. The topological polar surface area (TPSA) is 32.3 Å². The number of nitrogens with one attached hydrogen (secondary N) is 1. The third-order valence-electron chi connectivity index (χ3n) is 2.13. The first-order valence-corrected chi connectivity index (χ1v) is 3.44. The molecular formula is C7H12ClNO. The Kier molecular flexibility index (Phi) is 2.04. The van der Waals surface area contributed by atoms with Gasteiger partial charge in [-0.1, -0.05) is 12.2 Å². The summed E-state index contributed by atoms with van der Waals surface area (Å²) in [6.45, 7) is 0.924. The zero-order chi connectivity index (χ0) is 6.32. The molecule has 1 heterocycles. The van der Waals surface area contributed by atoms with Crippen molar-refractivity contribution in [2.45, 2.75) is 24.5 Å². The largest absolute Gasteiger partial charge is 0.388 e. The predicted molar refractivity (Wildman–Crippen MR) is 42.4 cm³/mol. The number of halogens is 1. The van der Waals surface area contributed by atoms with Gasteiger partial charge in [0.2, 0.25) is 0 Å². The van der Waals surface area contributed by atoms with E-state index in [2.05, 4.69) is 17.5 Å². The van der Waals surface area contributed by atoms with Crippen molar-refractivity contribution in [1.29, 1.82) is 0 Å². The maximum atomic E-state index is 9.51. The number of hydrogen-bond acceptors (Lipinski definition) is 2. The summed E-state index contributed by atoms with van der Waals surface area (Å²) in [6.07, 6.45) is 6.07. The standard InChI is InChI=1S/C7H11NO.ClH/c9-7(3-4-7)6-2-1-5-8-6;/h1-2,6,8-9H,3-5H2;1H/t6-;/m1./s1. The van der Waals surface area contributed by atoms with Crippen molar-refractivity contribution in [1.82, 2.24) is 5.32 Å². The molecule has 2 N–H and O–H groups in total. The first-order valence-electron chi connectivity index (χ1n) is 3.44. The molecule has 0 radical (unpaired) electrons. The quantitative estimate of drug-likeness (QED) is 0.548. The molecule has 58 valence electrons. The van der Waals surface area contributed by atoms with Gasteiger partial charge in [0.05, 0.1) is 11.6 Å². The summed E-state index contributed by atoms with van der Waals surface area (Å²) >= 11 is 0. The van der Waals surface area contributed by atoms with Crippen LogP contribution in [0.25, 0.3) is 0 Å². The van der Waals surface area contributed by atoms with Gasteiger partial charge in [0.15, 0.2) is 0 Å². The van der Waals surface area contributed by atoms with Crippen LogP contribution in [-0.2, 0) is 0 Å². The molecule has 2 nitrogen and oxygen atoms in total. The fourth-order valence-electron chi connectivity index (χ4n) is 1.28. The summed E-state index contributed by atoms with van der Waals surface area (Å²) in [7, 11) is 0. The normalized spacial score (nSPS) is 33.5. The van der Waals surface area contributed by atoms with E-state index in [1.54, 1.807) is 0 Å². The van der Waals surface area contributed by atoms with Crippen LogP contribution in [0.2, 0.25) is 0 Å². The Balaban J connectivity index is 0.000000500. The van der Waals surface area contributed by atoms with E-state index in [-0.39, 0.29) is 24.0 Å². The third kappa shape index (κ3) is 1.19. The van der Waals surface area contributed by atoms with Crippen molar-refractivity contribution in [3.8, 4) is 0 Å². The second kappa shape index (κ2) is 2.53. The highest BCUT2D eigenvalue weighted by Crippen LogP contribution is 2.39. The van der Waals surface area contributed by atoms with Gasteiger partial charge in [0.1, 0.15) is 0 Å². The Morgan fingerprint density at radius 3 is 2.60 bits per heavy atom. The molecule has 0 unspecified atom stereocenters. The molecule has 0 aromatic carbocycles. The van der Waals surface area contributed by atoms with Crippen molar-refractivity contribution in [2.75, 3.05) is 6.54 Å². The monoisotopic (exact) mass is 161 g/mol. The van der Waals surface area contributed by atoms with Gasteiger partial charge in [0.25, 0.3) is 0 Å².